The molecule has 8 nitrogen and oxygen atoms in total. The number of aliphatic hydroxyl groups is 1. The number of nitrogens with one attached hydrogen (secondary N) is 1. The summed E-state index contributed by atoms with van der Waals surface area (Å²) in [6.45, 7) is 8.32. The Morgan fingerprint density at radius 3 is 2.70 bits per heavy atom. The molecule has 0 aromatic rings. The first-order chi connectivity index (χ1) is 14.3. The maximum absolute atomic E-state index is 13.7. The Morgan fingerprint density at radius 1 is 1.37 bits per heavy atom. The van der Waals surface area contributed by atoms with Gasteiger partial charge in [0.05, 0.1) is 37.2 Å². The number of carbonyl (C=O) groups is 3. The Balaban J connectivity index is 1.98. The normalized spacial score (nSPS) is 33.1. The third-order valence-corrected chi connectivity index (χ3v) is 6.72. The molecule has 1 spiro atoms. The highest BCUT2D eigenvalue weighted by molar-refractivity contribution is 5.98. The lowest BCUT2D eigenvalue weighted by atomic mass is 9.71. The molecule has 0 saturated carbocycles. The summed E-state index contributed by atoms with van der Waals surface area (Å²) in [6.07, 6.45) is 3.12. The minimum Gasteiger partial charge on any atom is -0.466 e. The minimum atomic E-state index is -1.03. The van der Waals surface area contributed by atoms with Crippen LogP contribution >= 0.6 is 0 Å². The van der Waals surface area contributed by atoms with Gasteiger partial charge in [-0.1, -0.05) is 27.2 Å². The van der Waals surface area contributed by atoms with Gasteiger partial charge in [-0.15, -0.1) is 0 Å². The number of ether oxygens (including phenoxy) is 2. The lowest BCUT2D eigenvalue weighted by Gasteiger charge is -2.37. The Bertz CT molecular complexity index is 668. The van der Waals surface area contributed by atoms with Crippen LogP contribution in [0.1, 0.15) is 59.8 Å². The minimum absolute atomic E-state index is 0.229. The van der Waals surface area contributed by atoms with Crippen LogP contribution in [0.15, 0.2) is 0 Å². The van der Waals surface area contributed by atoms with Crippen LogP contribution in [0.25, 0.3) is 0 Å². The molecule has 2 bridgehead atoms. The van der Waals surface area contributed by atoms with Gasteiger partial charge in [0.15, 0.2) is 0 Å². The van der Waals surface area contributed by atoms with Crippen molar-refractivity contribution in [2.45, 2.75) is 83.6 Å². The molecule has 3 aliphatic heterocycles. The second-order valence-electron chi connectivity index (χ2n) is 9.16. The number of likely N-dealkylation sites (tertiary alicyclic amines) is 1. The van der Waals surface area contributed by atoms with Crippen LogP contribution in [-0.2, 0) is 23.9 Å². The molecule has 0 aromatic carbocycles. The van der Waals surface area contributed by atoms with E-state index in [1.165, 1.54) is 4.90 Å². The molecule has 0 aliphatic carbocycles. The molecule has 3 fully saturated rings. The summed E-state index contributed by atoms with van der Waals surface area (Å²) in [6, 6.07) is -1.34. The quantitative estimate of drug-likeness (QED) is 0.404. The molecule has 0 radical (unpaired) electrons. The molecule has 0 aromatic heterocycles. The van der Waals surface area contributed by atoms with Gasteiger partial charge >= 0.3 is 5.97 Å². The largest absolute Gasteiger partial charge is 0.466 e. The molecule has 2 N–H and O–H groups in total. The van der Waals surface area contributed by atoms with Crippen molar-refractivity contribution in [1.82, 2.24) is 10.2 Å². The third kappa shape index (κ3) is 3.73. The number of carbonyl (C=O) groups excluding carboxylic acids is 3. The smallest absolute Gasteiger partial charge is 0.312 e. The summed E-state index contributed by atoms with van der Waals surface area (Å²) >= 11 is 0. The zero-order valence-corrected chi connectivity index (χ0v) is 18.6. The fourth-order valence-electron chi connectivity index (χ4n) is 5.60. The summed E-state index contributed by atoms with van der Waals surface area (Å²) in [5.41, 5.74) is -1.03. The number of rotatable bonds is 10. The van der Waals surface area contributed by atoms with Gasteiger partial charge in [0.1, 0.15) is 11.6 Å². The highest BCUT2D eigenvalue weighted by Gasteiger charge is 2.75. The van der Waals surface area contributed by atoms with E-state index in [2.05, 4.69) is 5.32 Å². The number of hydrogen-bond donors (Lipinski definition) is 2. The number of fused-ring (bicyclic) bond motifs is 1. The maximum Gasteiger partial charge on any atom is 0.312 e. The van der Waals surface area contributed by atoms with Crippen LogP contribution in [-0.4, -0.2) is 71.3 Å². The van der Waals surface area contributed by atoms with Crippen molar-refractivity contribution in [3.8, 4) is 0 Å². The summed E-state index contributed by atoms with van der Waals surface area (Å²) in [5.74, 6) is -2.16. The number of aliphatic hydroxyl groups excluding tert-OH is 1. The topological polar surface area (TPSA) is 105 Å². The highest BCUT2D eigenvalue weighted by atomic mass is 16.6. The number of esters is 1. The Labute approximate surface area is 178 Å². The van der Waals surface area contributed by atoms with Gasteiger partial charge in [0.2, 0.25) is 11.8 Å². The average molecular weight is 425 g/mol. The lowest BCUT2D eigenvalue weighted by Crippen LogP contribution is -2.58. The average Bonchev–Trinajstić information content (AvgIpc) is 3.33. The van der Waals surface area contributed by atoms with E-state index in [1.807, 2.05) is 20.8 Å². The predicted octanol–water partition coefficient (Wildman–Crippen LogP) is 1.25. The number of amides is 2. The lowest BCUT2D eigenvalue weighted by molar-refractivity contribution is -0.155. The molecule has 6 atom stereocenters. The molecule has 8 heteroatoms. The van der Waals surface area contributed by atoms with Gasteiger partial charge in [0.25, 0.3) is 0 Å². The number of unbranched alkanes of at least 4 members (excludes halogenated alkanes) is 1. The number of hydrogen-bond acceptors (Lipinski definition) is 6. The van der Waals surface area contributed by atoms with Crippen molar-refractivity contribution in [2.75, 3.05) is 19.8 Å². The first-order valence-corrected chi connectivity index (χ1v) is 11.4. The van der Waals surface area contributed by atoms with Gasteiger partial charge < -0.3 is 24.8 Å². The van der Waals surface area contributed by atoms with E-state index >= 15 is 0 Å². The van der Waals surface area contributed by atoms with E-state index in [0.29, 0.717) is 25.8 Å². The van der Waals surface area contributed by atoms with E-state index in [1.54, 1.807) is 6.92 Å². The van der Waals surface area contributed by atoms with Crippen molar-refractivity contribution in [3.05, 3.63) is 0 Å². The molecule has 3 rings (SSSR count). The first-order valence-electron chi connectivity index (χ1n) is 11.4. The summed E-state index contributed by atoms with van der Waals surface area (Å²) < 4.78 is 11.6. The number of nitrogens with zero attached hydrogens (tertiary/aromatic N) is 1. The highest BCUT2D eigenvalue weighted by Crippen LogP contribution is 2.59. The summed E-state index contributed by atoms with van der Waals surface area (Å²) in [7, 11) is 0. The van der Waals surface area contributed by atoms with Crippen LogP contribution in [0.3, 0.4) is 0 Å². The van der Waals surface area contributed by atoms with Crippen LogP contribution in [0, 0.1) is 17.8 Å². The molecule has 3 heterocycles. The van der Waals surface area contributed by atoms with Crippen LogP contribution in [0.5, 0.6) is 0 Å². The van der Waals surface area contributed by atoms with Gasteiger partial charge in [0, 0.05) is 6.54 Å². The van der Waals surface area contributed by atoms with Crippen molar-refractivity contribution >= 4 is 17.8 Å². The third-order valence-electron chi connectivity index (χ3n) is 6.72. The van der Waals surface area contributed by atoms with Crippen LogP contribution < -0.4 is 5.32 Å². The standard InChI is InChI=1S/C22H36N2O6/c1-5-7-10-23-19(26)18-22-9-8-15(30-22)16(21(28)29-6-2)17(22)20(27)24(18)14(12-25)11-13(3)4/h13-18,25H,5-12H2,1-4H3,(H,23,26)/t14-,15-,16+,17+,18?,22?/m1/s1. The van der Waals surface area contributed by atoms with Gasteiger partial charge in [-0.25, -0.2) is 0 Å². The maximum atomic E-state index is 13.7. The van der Waals surface area contributed by atoms with E-state index in [4.69, 9.17) is 9.47 Å². The Hall–Kier alpha value is -1.67. The summed E-state index contributed by atoms with van der Waals surface area (Å²) in [4.78, 5) is 41.2. The first kappa shape index (κ1) is 23.0. The van der Waals surface area contributed by atoms with E-state index in [0.717, 1.165) is 12.8 Å². The van der Waals surface area contributed by atoms with Crippen molar-refractivity contribution < 1.29 is 29.0 Å². The Kier molecular flexibility index (Phi) is 7.07. The van der Waals surface area contributed by atoms with Crippen molar-refractivity contribution in [3.63, 3.8) is 0 Å². The zero-order valence-electron chi connectivity index (χ0n) is 18.6. The van der Waals surface area contributed by atoms with E-state index in [9.17, 15) is 19.5 Å². The van der Waals surface area contributed by atoms with Gasteiger partial charge in [-0.3, -0.25) is 14.4 Å². The van der Waals surface area contributed by atoms with E-state index in [-0.39, 0.29) is 30.9 Å². The van der Waals surface area contributed by atoms with Crippen LogP contribution in [0.4, 0.5) is 0 Å². The molecule has 2 unspecified atom stereocenters. The molecular weight excluding hydrogens is 388 g/mol. The van der Waals surface area contributed by atoms with Gasteiger partial charge in [-0.2, -0.15) is 0 Å². The second kappa shape index (κ2) is 9.22. The zero-order chi connectivity index (χ0) is 22.1. The SMILES string of the molecule is CCCCNC(=O)C1N([C@@H](CO)CC(C)C)C(=O)[C@@H]2[C@@H](C(=O)OCC)[C@H]3CCC12O3. The molecule has 3 saturated heterocycles. The fourth-order valence-corrected chi connectivity index (χ4v) is 5.60. The fraction of sp³-hybridized carbons (Fsp3) is 0.864. The molecule has 3 aliphatic rings. The van der Waals surface area contributed by atoms with Gasteiger partial charge in [-0.05, 0) is 38.5 Å². The Morgan fingerprint density at radius 2 is 2.10 bits per heavy atom. The molecule has 30 heavy (non-hydrogen) atoms. The molecule has 2 amide bonds. The predicted molar refractivity (Wildman–Crippen MR) is 109 cm³/mol. The monoisotopic (exact) mass is 424 g/mol. The molecular formula is C22H36N2O6. The van der Waals surface area contributed by atoms with Crippen LogP contribution in [0.2, 0.25) is 0 Å². The second-order valence-corrected chi connectivity index (χ2v) is 9.16. The molecule has 170 valence electrons. The van der Waals surface area contributed by atoms with Crippen molar-refractivity contribution in [2.24, 2.45) is 17.8 Å². The van der Waals surface area contributed by atoms with Crippen molar-refractivity contribution in [1.29, 1.82) is 0 Å². The van der Waals surface area contributed by atoms with E-state index < -0.39 is 41.6 Å². The summed E-state index contributed by atoms with van der Waals surface area (Å²) in [5, 5.41) is 13.1.